The number of anilines is 1. The Bertz CT molecular complexity index is 1200. The molecule has 1 N–H and O–H groups in total. The van der Waals surface area contributed by atoms with Gasteiger partial charge >= 0.3 is 6.03 Å². The van der Waals surface area contributed by atoms with Gasteiger partial charge in [0.2, 0.25) is 0 Å². The number of nitrogens with one attached hydrogen (secondary N) is 1. The molecule has 5 heteroatoms. The zero-order valence-electron chi connectivity index (χ0n) is 24.4. The highest BCUT2D eigenvalue weighted by molar-refractivity contribution is 5.91. The molecule has 4 rings (SSSR count). The minimum Gasteiger partial charge on any atom is -0.493 e. The topological polar surface area (TPSA) is 50.8 Å². The number of amides is 2. The van der Waals surface area contributed by atoms with E-state index in [2.05, 4.69) is 81.5 Å². The molecule has 3 aromatic carbocycles. The monoisotopic (exact) mass is 528 g/mol. The predicted molar refractivity (Wildman–Crippen MR) is 160 cm³/mol. The van der Waals surface area contributed by atoms with Crippen LogP contribution in [0.5, 0.6) is 11.5 Å². The standard InChI is InChI=1S/C34H44N2O3/c1-23(2)29-13-10-14-30(24(3)4)33(29)35-34(37)36(22-25-15-20-31(38-5)32(21-25)39-6)28-18-16-27(17-19-28)26-11-8-7-9-12-26/h7-15,20-21,23-24,27-28H,16-19,22H2,1-6H3,(H,35,37). The molecule has 1 saturated carbocycles. The molecule has 0 spiro atoms. The first-order chi connectivity index (χ1) is 18.8. The first-order valence-electron chi connectivity index (χ1n) is 14.3. The maximum absolute atomic E-state index is 14.2. The average molecular weight is 529 g/mol. The van der Waals surface area contributed by atoms with E-state index in [1.165, 1.54) is 16.7 Å². The number of ether oxygens (including phenoxy) is 2. The summed E-state index contributed by atoms with van der Waals surface area (Å²) in [7, 11) is 3.29. The number of hydrogen-bond donors (Lipinski definition) is 1. The van der Waals surface area contributed by atoms with Crippen LogP contribution in [0.2, 0.25) is 0 Å². The first-order valence-corrected chi connectivity index (χ1v) is 14.3. The second kappa shape index (κ2) is 13.1. The summed E-state index contributed by atoms with van der Waals surface area (Å²) >= 11 is 0. The SMILES string of the molecule is COc1ccc(CN(C(=O)Nc2c(C(C)C)cccc2C(C)C)C2CCC(c3ccccc3)CC2)cc1OC. The van der Waals surface area contributed by atoms with Crippen molar-refractivity contribution in [3.63, 3.8) is 0 Å². The Morgan fingerprint density at radius 2 is 1.44 bits per heavy atom. The molecule has 0 aliphatic heterocycles. The van der Waals surface area contributed by atoms with Gasteiger partial charge in [0, 0.05) is 18.3 Å². The maximum Gasteiger partial charge on any atom is 0.322 e. The number of carbonyl (C=O) groups excluding carboxylic acids is 1. The van der Waals surface area contributed by atoms with Crippen molar-refractivity contribution in [1.29, 1.82) is 0 Å². The fourth-order valence-electron chi connectivity index (χ4n) is 5.86. The van der Waals surface area contributed by atoms with Gasteiger partial charge in [-0.05, 0) is 77.8 Å². The first kappa shape index (κ1) is 28.5. The number of hydrogen-bond acceptors (Lipinski definition) is 3. The lowest BCUT2D eigenvalue weighted by Gasteiger charge is -2.37. The Hall–Kier alpha value is -3.47. The smallest absolute Gasteiger partial charge is 0.322 e. The van der Waals surface area contributed by atoms with Crippen LogP contribution in [0.25, 0.3) is 0 Å². The van der Waals surface area contributed by atoms with Crippen molar-refractivity contribution in [3.8, 4) is 11.5 Å². The molecule has 0 heterocycles. The van der Waals surface area contributed by atoms with Crippen LogP contribution >= 0.6 is 0 Å². The van der Waals surface area contributed by atoms with Crippen molar-refractivity contribution in [2.45, 2.75) is 83.7 Å². The zero-order valence-corrected chi connectivity index (χ0v) is 24.4. The number of urea groups is 1. The van der Waals surface area contributed by atoms with Crippen LogP contribution < -0.4 is 14.8 Å². The lowest BCUT2D eigenvalue weighted by atomic mass is 9.81. The summed E-state index contributed by atoms with van der Waals surface area (Å²) in [6, 6.07) is 23.2. The van der Waals surface area contributed by atoms with Crippen LogP contribution in [0.4, 0.5) is 10.5 Å². The van der Waals surface area contributed by atoms with E-state index in [-0.39, 0.29) is 12.1 Å². The molecule has 1 aliphatic rings. The second-order valence-electron chi connectivity index (χ2n) is 11.3. The summed E-state index contributed by atoms with van der Waals surface area (Å²) in [6.07, 6.45) is 4.10. The molecule has 1 aliphatic carbocycles. The van der Waals surface area contributed by atoms with E-state index in [4.69, 9.17) is 9.47 Å². The molecule has 39 heavy (non-hydrogen) atoms. The Morgan fingerprint density at radius 1 is 0.821 bits per heavy atom. The second-order valence-corrected chi connectivity index (χ2v) is 11.3. The average Bonchev–Trinajstić information content (AvgIpc) is 2.96. The van der Waals surface area contributed by atoms with Gasteiger partial charge in [-0.2, -0.15) is 0 Å². The van der Waals surface area contributed by atoms with Gasteiger partial charge < -0.3 is 19.7 Å². The van der Waals surface area contributed by atoms with Crippen LogP contribution in [-0.4, -0.2) is 31.2 Å². The molecule has 0 unspecified atom stereocenters. The van der Waals surface area contributed by atoms with Gasteiger partial charge in [-0.15, -0.1) is 0 Å². The molecule has 2 amide bonds. The Balaban J connectivity index is 1.63. The molecular weight excluding hydrogens is 484 g/mol. The highest BCUT2D eigenvalue weighted by atomic mass is 16.5. The summed E-state index contributed by atoms with van der Waals surface area (Å²) in [5.41, 5.74) is 5.73. The van der Waals surface area contributed by atoms with Crippen LogP contribution in [-0.2, 0) is 6.54 Å². The largest absolute Gasteiger partial charge is 0.493 e. The summed E-state index contributed by atoms with van der Waals surface area (Å²) < 4.78 is 11.0. The van der Waals surface area contributed by atoms with Gasteiger partial charge in [0.15, 0.2) is 11.5 Å². The number of methoxy groups -OCH3 is 2. The number of benzene rings is 3. The third-order valence-corrected chi connectivity index (χ3v) is 8.08. The third kappa shape index (κ3) is 6.76. The Morgan fingerprint density at radius 3 is 2.00 bits per heavy atom. The van der Waals surface area contributed by atoms with E-state index in [0.717, 1.165) is 36.9 Å². The van der Waals surface area contributed by atoms with Gasteiger partial charge in [-0.1, -0.05) is 82.3 Å². The van der Waals surface area contributed by atoms with Crippen molar-refractivity contribution in [1.82, 2.24) is 4.90 Å². The molecule has 1 fully saturated rings. The molecule has 0 radical (unpaired) electrons. The van der Waals surface area contributed by atoms with Gasteiger partial charge in [0.05, 0.1) is 14.2 Å². The quantitative estimate of drug-likeness (QED) is 0.302. The molecule has 0 atom stereocenters. The summed E-state index contributed by atoms with van der Waals surface area (Å²) in [5, 5.41) is 3.38. The zero-order chi connectivity index (χ0) is 27.9. The molecule has 0 saturated heterocycles. The summed E-state index contributed by atoms with van der Waals surface area (Å²) in [6.45, 7) is 9.24. The maximum atomic E-state index is 14.2. The van der Waals surface area contributed by atoms with Crippen LogP contribution in [0.3, 0.4) is 0 Å². The van der Waals surface area contributed by atoms with Crippen molar-refractivity contribution in [2.24, 2.45) is 0 Å². The number of rotatable bonds is 9. The number of carbonyl (C=O) groups is 1. The van der Waals surface area contributed by atoms with Crippen molar-refractivity contribution >= 4 is 11.7 Å². The van der Waals surface area contributed by atoms with E-state index in [1.54, 1.807) is 14.2 Å². The highest BCUT2D eigenvalue weighted by Crippen LogP contribution is 2.37. The van der Waals surface area contributed by atoms with Gasteiger partial charge in [-0.3, -0.25) is 0 Å². The molecular formula is C34H44N2O3. The van der Waals surface area contributed by atoms with Crippen molar-refractivity contribution < 1.29 is 14.3 Å². The normalized spacial score (nSPS) is 17.2. The molecule has 208 valence electrons. The predicted octanol–water partition coefficient (Wildman–Crippen LogP) is 8.71. The van der Waals surface area contributed by atoms with Crippen LogP contribution in [0.1, 0.15) is 93.4 Å². The van der Waals surface area contributed by atoms with E-state index in [0.29, 0.717) is 35.8 Å². The summed E-state index contributed by atoms with van der Waals surface area (Å²) in [4.78, 5) is 16.2. The van der Waals surface area contributed by atoms with E-state index >= 15 is 0 Å². The fourth-order valence-corrected chi connectivity index (χ4v) is 5.86. The Kier molecular flexibility index (Phi) is 9.55. The number of para-hydroxylation sites is 1. The molecule has 0 bridgehead atoms. The lowest BCUT2D eigenvalue weighted by molar-refractivity contribution is 0.158. The van der Waals surface area contributed by atoms with Crippen molar-refractivity contribution in [2.75, 3.05) is 19.5 Å². The van der Waals surface area contributed by atoms with Gasteiger partial charge in [0.25, 0.3) is 0 Å². The van der Waals surface area contributed by atoms with E-state index in [9.17, 15) is 4.79 Å². The lowest BCUT2D eigenvalue weighted by Crippen LogP contribution is -2.44. The fraction of sp³-hybridized carbons (Fsp3) is 0.441. The van der Waals surface area contributed by atoms with Crippen molar-refractivity contribution in [3.05, 3.63) is 89.0 Å². The van der Waals surface area contributed by atoms with Gasteiger partial charge in [-0.25, -0.2) is 4.79 Å². The highest BCUT2D eigenvalue weighted by Gasteiger charge is 2.31. The Labute approximate surface area is 234 Å². The third-order valence-electron chi connectivity index (χ3n) is 8.08. The molecule has 3 aromatic rings. The van der Waals surface area contributed by atoms with E-state index in [1.807, 2.05) is 23.1 Å². The van der Waals surface area contributed by atoms with Gasteiger partial charge in [0.1, 0.15) is 0 Å². The minimum absolute atomic E-state index is 0.0389. The molecule has 5 nitrogen and oxygen atoms in total. The summed E-state index contributed by atoms with van der Waals surface area (Å²) in [5.74, 6) is 2.52. The van der Waals surface area contributed by atoms with Crippen LogP contribution in [0, 0.1) is 0 Å². The van der Waals surface area contributed by atoms with Crippen LogP contribution in [0.15, 0.2) is 66.7 Å². The number of nitrogens with zero attached hydrogens (tertiary/aromatic N) is 1. The minimum atomic E-state index is -0.0389. The molecule has 0 aromatic heterocycles. The van der Waals surface area contributed by atoms with E-state index < -0.39 is 0 Å².